The van der Waals surface area contributed by atoms with Crippen LogP contribution in [0.1, 0.15) is 34.7 Å². The summed E-state index contributed by atoms with van der Waals surface area (Å²) in [6, 6.07) is 6.10. The van der Waals surface area contributed by atoms with E-state index in [1.807, 2.05) is 13.8 Å². The van der Waals surface area contributed by atoms with Crippen LogP contribution >= 0.6 is 0 Å². The Bertz CT molecular complexity index is 760. The summed E-state index contributed by atoms with van der Waals surface area (Å²) in [4.78, 5) is 0. The Morgan fingerprint density at radius 3 is 2.17 bits per heavy atom. The average Bonchev–Trinajstić information content (AvgIpc) is 2.47. The molecule has 0 saturated carbocycles. The van der Waals surface area contributed by atoms with Gasteiger partial charge in [0.25, 0.3) is 0 Å². The van der Waals surface area contributed by atoms with Crippen molar-refractivity contribution < 1.29 is 13.9 Å². The Morgan fingerprint density at radius 2 is 1.67 bits per heavy atom. The summed E-state index contributed by atoms with van der Waals surface area (Å²) in [7, 11) is 1.71. The second kappa shape index (κ2) is 7.14. The van der Waals surface area contributed by atoms with Crippen molar-refractivity contribution in [3.05, 3.63) is 70.5 Å². The van der Waals surface area contributed by atoms with Gasteiger partial charge in [-0.3, -0.25) is 0 Å². The normalized spacial score (nSPS) is 12.2. The number of aliphatic hydroxyl groups excluding tert-OH is 1. The molecule has 2 N–H and O–H groups in total. The molecule has 2 nitrogen and oxygen atoms in total. The summed E-state index contributed by atoms with van der Waals surface area (Å²) in [6.07, 6.45) is 0.220. The van der Waals surface area contributed by atoms with E-state index in [4.69, 9.17) is 0 Å². The van der Waals surface area contributed by atoms with Crippen LogP contribution in [0.2, 0.25) is 0 Å². The van der Waals surface area contributed by atoms with Gasteiger partial charge in [0.1, 0.15) is 11.6 Å². The van der Waals surface area contributed by atoms with E-state index in [2.05, 4.69) is 11.9 Å². The molecule has 24 heavy (non-hydrogen) atoms. The topological polar surface area (TPSA) is 32.3 Å². The van der Waals surface area contributed by atoms with Crippen LogP contribution < -0.4 is 5.32 Å². The first kappa shape index (κ1) is 18.1. The Hall–Kier alpha value is -2.20. The molecule has 0 amide bonds. The predicted octanol–water partition coefficient (Wildman–Crippen LogP) is 5.28. The number of aryl methyl sites for hydroxylation is 3. The maximum Gasteiger partial charge on any atom is 0.130 e. The molecule has 0 bridgehead atoms. The first-order valence-corrected chi connectivity index (χ1v) is 7.85. The average molecular weight is 331 g/mol. The molecule has 0 aromatic heterocycles. The SMILES string of the molecule is C=C(O)CC(NC)c1cc(-c2c(C)cc(F)cc2C)cc(C)c1F. The molecule has 2 rings (SSSR count). The summed E-state index contributed by atoms with van der Waals surface area (Å²) in [6.45, 7) is 8.88. The standard InChI is InChI=1S/C20H23F2NO/c1-11-7-16(21)8-12(2)19(11)15-6-13(3)20(22)17(10-15)18(23-5)9-14(4)24/h6-8,10,18,23-24H,4,9H2,1-3,5H3. The highest BCUT2D eigenvalue weighted by Crippen LogP contribution is 2.33. The van der Waals surface area contributed by atoms with Gasteiger partial charge in [-0.15, -0.1) is 0 Å². The summed E-state index contributed by atoms with van der Waals surface area (Å²) in [5.74, 6) is -0.597. The number of benzene rings is 2. The lowest BCUT2D eigenvalue weighted by molar-refractivity contribution is 0.363. The molecule has 0 spiro atoms. The molecule has 0 aliphatic carbocycles. The molecule has 0 heterocycles. The van der Waals surface area contributed by atoms with E-state index < -0.39 is 0 Å². The number of hydrogen-bond donors (Lipinski definition) is 2. The van der Waals surface area contributed by atoms with Gasteiger partial charge in [0.05, 0.1) is 5.76 Å². The lowest BCUT2D eigenvalue weighted by Gasteiger charge is -2.20. The fourth-order valence-electron chi connectivity index (χ4n) is 3.16. The molecule has 0 aliphatic heterocycles. The molecule has 0 fully saturated rings. The minimum Gasteiger partial charge on any atom is -0.513 e. The van der Waals surface area contributed by atoms with Gasteiger partial charge in [-0.05, 0) is 79.9 Å². The highest BCUT2D eigenvalue weighted by atomic mass is 19.1. The Balaban J connectivity index is 2.64. The van der Waals surface area contributed by atoms with Gasteiger partial charge < -0.3 is 10.4 Å². The fraction of sp³-hybridized carbons (Fsp3) is 0.300. The summed E-state index contributed by atoms with van der Waals surface area (Å²) in [5, 5.41) is 12.5. The molecule has 4 heteroatoms. The van der Waals surface area contributed by atoms with E-state index in [0.29, 0.717) is 11.1 Å². The molecule has 0 radical (unpaired) electrons. The van der Waals surface area contributed by atoms with Gasteiger partial charge >= 0.3 is 0 Å². The Morgan fingerprint density at radius 1 is 1.08 bits per heavy atom. The van der Waals surface area contributed by atoms with Crippen LogP contribution in [0.4, 0.5) is 8.78 Å². The smallest absolute Gasteiger partial charge is 0.130 e. The third-order valence-electron chi connectivity index (χ3n) is 4.23. The molecule has 128 valence electrons. The summed E-state index contributed by atoms with van der Waals surface area (Å²) < 4.78 is 28.2. The zero-order valence-electron chi connectivity index (χ0n) is 14.5. The van der Waals surface area contributed by atoms with E-state index in [9.17, 15) is 13.9 Å². The highest BCUT2D eigenvalue weighted by Gasteiger charge is 2.19. The fourth-order valence-corrected chi connectivity index (χ4v) is 3.16. The Labute approximate surface area is 141 Å². The minimum absolute atomic E-state index is 0.00838. The second-order valence-electron chi connectivity index (χ2n) is 6.22. The van der Waals surface area contributed by atoms with Crippen LogP contribution in [0.25, 0.3) is 11.1 Å². The first-order valence-electron chi connectivity index (χ1n) is 7.85. The molecular formula is C20H23F2NO. The lowest BCUT2D eigenvalue weighted by atomic mass is 9.90. The van der Waals surface area contributed by atoms with Crippen molar-refractivity contribution in [2.75, 3.05) is 7.05 Å². The van der Waals surface area contributed by atoms with Crippen LogP contribution in [0.3, 0.4) is 0 Å². The van der Waals surface area contributed by atoms with Crippen molar-refractivity contribution in [2.45, 2.75) is 33.2 Å². The number of hydrogen-bond acceptors (Lipinski definition) is 2. The first-order chi connectivity index (χ1) is 11.2. The number of nitrogens with one attached hydrogen (secondary N) is 1. The van der Waals surface area contributed by atoms with Crippen molar-refractivity contribution in [2.24, 2.45) is 0 Å². The van der Waals surface area contributed by atoms with Gasteiger partial charge in [-0.2, -0.15) is 0 Å². The van der Waals surface area contributed by atoms with Crippen LogP contribution in [-0.4, -0.2) is 12.2 Å². The van der Waals surface area contributed by atoms with Gasteiger partial charge in [0.2, 0.25) is 0 Å². The van der Waals surface area contributed by atoms with Crippen molar-refractivity contribution >= 4 is 0 Å². The van der Waals surface area contributed by atoms with Crippen LogP contribution in [0.5, 0.6) is 0 Å². The van der Waals surface area contributed by atoms with E-state index in [-0.39, 0.29) is 29.9 Å². The lowest BCUT2D eigenvalue weighted by Crippen LogP contribution is -2.19. The van der Waals surface area contributed by atoms with E-state index in [1.54, 1.807) is 26.1 Å². The van der Waals surface area contributed by atoms with E-state index >= 15 is 0 Å². The summed E-state index contributed by atoms with van der Waals surface area (Å²) >= 11 is 0. The zero-order chi connectivity index (χ0) is 18.0. The number of rotatable bonds is 5. The zero-order valence-corrected chi connectivity index (χ0v) is 14.5. The molecule has 2 aromatic carbocycles. The van der Waals surface area contributed by atoms with Crippen LogP contribution in [0.15, 0.2) is 36.6 Å². The second-order valence-corrected chi connectivity index (χ2v) is 6.22. The maximum absolute atomic E-state index is 14.6. The van der Waals surface area contributed by atoms with Gasteiger partial charge in [-0.1, -0.05) is 6.58 Å². The summed E-state index contributed by atoms with van der Waals surface area (Å²) in [5.41, 5.74) is 4.32. The molecular weight excluding hydrogens is 308 g/mol. The van der Waals surface area contributed by atoms with Crippen LogP contribution in [-0.2, 0) is 0 Å². The van der Waals surface area contributed by atoms with Crippen molar-refractivity contribution in [3.63, 3.8) is 0 Å². The van der Waals surface area contributed by atoms with E-state index in [1.165, 1.54) is 12.1 Å². The minimum atomic E-state index is -0.387. The van der Waals surface area contributed by atoms with Crippen molar-refractivity contribution in [3.8, 4) is 11.1 Å². The third kappa shape index (κ3) is 3.65. The molecule has 1 atom stereocenters. The highest BCUT2D eigenvalue weighted by molar-refractivity contribution is 5.72. The van der Waals surface area contributed by atoms with Crippen molar-refractivity contribution in [1.29, 1.82) is 0 Å². The monoisotopic (exact) mass is 331 g/mol. The molecule has 2 aromatic rings. The van der Waals surface area contributed by atoms with Gasteiger partial charge in [0.15, 0.2) is 0 Å². The quantitative estimate of drug-likeness (QED) is 0.731. The predicted molar refractivity (Wildman–Crippen MR) is 94.2 cm³/mol. The van der Waals surface area contributed by atoms with Gasteiger partial charge in [0, 0.05) is 18.0 Å². The number of halogens is 2. The largest absolute Gasteiger partial charge is 0.513 e. The third-order valence-corrected chi connectivity index (χ3v) is 4.23. The molecule has 0 saturated heterocycles. The van der Waals surface area contributed by atoms with Crippen LogP contribution in [0, 0.1) is 32.4 Å². The molecule has 1 unspecified atom stereocenters. The van der Waals surface area contributed by atoms with E-state index in [0.717, 1.165) is 22.3 Å². The Kier molecular flexibility index (Phi) is 5.40. The maximum atomic E-state index is 14.6. The van der Waals surface area contributed by atoms with Crippen molar-refractivity contribution in [1.82, 2.24) is 5.32 Å². The van der Waals surface area contributed by atoms with Gasteiger partial charge in [-0.25, -0.2) is 8.78 Å². The number of aliphatic hydroxyl groups is 1. The molecule has 0 aliphatic rings.